The van der Waals surface area contributed by atoms with E-state index in [2.05, 4.69) is 37.8 Å². The maximum Gasteiger partial charge on any atom is 0.0163 e. The molecule has 1 aliphatic rings. The first kappa shape index (κ1) is 10.8. The normalized spacial score (nSPS) is 21.2. The fraction of sp³-hybridized carbons (Fsp3) is 0.833. The first-order valence-corrected chi connectivity index (χ1v) is 5.48. The second kappa shape index (κ2) is 4.80. The molecule has 1 aliphatic heterocycles. The van der Waals surface area contributed by atoms with Gasteiger partial charge in [-0.15, -0.1) is 0 Å². The lowest BCUT2D eigenvalue weighted by Gasteiger charge is -2.25. The maximum absolute atomic E-state index is 2.55. The predicted molar refractivity (Wildman–Crippen MR) is 58.9 cm³/mol. The molecule has 0 aliphatic carbocycles. The molecule has 1 fully saturated rings. The topological polar surface area (TPSA) is 3.24 Å². The summed E-state index contributed by atoms with van der Waals surface area (Å²) in [5, 5.41) is 0. The molecule has 1 nitrogen and oxygen atoms in total. The largest absolute Gasteiger partial charge is 0.300 e. The molecule has 76 valence electrons. The van der Waals surface area contributed by atoms with E-state index in [9.17, 15) is 0 Å². The van der Waals surface area contributed by atoms with Crippen LogP contribution in [0.2, 0.25) is 0 Å². The molecule has 13 heavy (non-hydrogen) atoms. The van der Waals surface area contributed by atoms with Crippen LogP contribution in [0, 0.1) is 5.41 Å². The third-order valence-corrected chi connectivity index (χ3v) is 2.43. The van der Waals surface area contributed by atoms with Gasteiger partial charge in [0.1, 0.15) is 0 Å². The quantitative estimate of drug-likeness (QED) is 0.592. The van der Waals surface area contributed by atoms with Gasteiger partial charge in [-0.25, -0.2) is 0 Å². The molecule has 1 rings (SSSR count). The summed E-state index contributed by atoms with van der Waals surface area (Å²) in [7, 11) is 0. The average molecular weight is 181 g/mol. The van der Waals surface area contributed by atoms with Crippen molar-refractivity contribution in [1.29, 1.82) is 0 Å². The Morgan fingerprint density at radius 1 is 1.08 bits per heavy atom. The average Bonchev–Trinajstić information content (AvgIpc) is 2.04. The Balaban J connectivity index is 2.21. The van der Waals surface area contributed by atoms with Crippen LogP contribution in [-0.2, 0) is 0 Å². The van der Waals surface area contributed by atoms with Crippen molar-refractivity contribution in [3.63, 3.8) is 0 Å². The van der Waals surface area contributed by atoms with Crippen molar-refractivity contribution in [2.75, 3.05) is 19.6 Å². The third kappa shape index (κ3) is 5.09. The van der Waals surface area contributed by atoms with Crippen molar-refractivity contribution in [1.82, 2.24) is 4.90 Å². The predicted octanol–water partition coefficient (Wildman–Crippen LogP) is 3.07. The first-order valence-electron chi connectivity index (χ1n) is 5.48. The first-order chi connectivity index (χ1) is 6.08. The fourth-order valence-electron chi connectivity index (χ4n) is 1.70. The number of allylic oxidation sites excluding steroid dienone is 1. The molecule has 0 aromatic carbocycles. The molecule has 0 N–H and O–H groups in total. The Morgan fingerprint density at radius 3 is 2.23 bits per heavy atom. The highest BCUT2D eigenvalue weighted by Crippen LogP contribution is 2.15. The van der Waals surface area contributed by atoms with Gasteiger partial charge in [0, 0.05) is 6.54 Å². The van der Waals surface area contributed by atoms with E-state index < -0.39 is 0 Å². The number of hydrogen-bond acceptors (Lipinski definition) is 1. The lowest BCUT2D eigenvalue weighted by molar-refractivity contribution is 0.251. The summed E-state index contributed by atoms with van der Waals surface area (Å²) in [6.45, 7) is 10.5. The SMILES string of the molecule is CC(C)(C)/C=C/CN1CCCCC1. The second-order valence-corrected chi connectivity index (χ2v) is 5.13. The van der Waals surface area contributed by atoms with E-state index in [1.807, 2.05) is 0 Å². The highest BCUT2D eigenvalue weighted by atomic mass is 15.1. The smallest absolute Gasteiger partial charge is 0.0163 e. The van der Waals surface area contributed by atoms with E-state index in [1.165, 1.54) is 32.4 Å². The molecule has 0 bridgehead atoms. The van der Waals surface area contributed by atoms with E-state index in [4.69, 9.17) is 0 Å². The summed E-state index contributed by atoms with van der Waals surface area (Å²) in [6.07, 6.45) is 8.86. The molecule has 1 saturated heterocycles. The molecule has 0 saturated carbocycles. The Labute approximate surface area is 82.8 Å². The van der Waals surface area contributed by atoms with Crippen LogP contribution in [0.3, 0.4) is 0 Å². The lowest BCUT2D eigenvalue weighted by Crippen LogP contribution is -2.29. The Bertz CT molecular complexity index is 158. The minimum Gasteiger partial charge on any atom is -0.300 e. The van der Waals surface area contributed by atoms with Gasteiger partial charge in [0.25, 0.3) is 0 Å². The zero-order valence-electron chi connectivity index (χ0n) is 9.34. The summed E-state index contributed by atoms with van der Waals surface area (Å²) in [4.78, 5) is 2.55. The molecule has 0 unspecified atom stereocenters. The number of piperidine rings is 1. The molecular formula is C12H23N. The standard InChI is InChI=1S/C12H23N/c1-12(2,3)8-7-11-13-9-5-4-6-10-13/h7-8H,4-6,9-11H2,1-3H3/b8-7+. The van der Waals surface area contributed by atoms with Crippen LogP contribution in [0.25, 0.3) is 0 Å². The zero-order valence-corrected chi connectivity index (χ0v) is 9.34. The fourth-order valence-corrected chi connectivity index (χ4v) is 1.70. The molecule has 0 spiro atoms. The third-order valence-electron chi connectivity index (χ3n) is 2.43. The van der Waals surface area contributed by atoms with Crippen molar-refractivity contribution in [2.45, 2.75) is 40.0 Å². The van der Waals surface area contributed by atoms with E-state index in [-0.39, 0.29) is 0 Å². The summed E-state index contributed by atoms with van der Waals surface area (Å²) in [5.41, 5.74) is 0.343. The van der Waals surface area contributed by atoms with Crippen molar-refractivity contribution in [3.05, 3.63) is 12.2 Å². The molecule has 0 radical (unpaired) electrons. The molecule has 1 heteroatoms. The molecular weight excluding hydrogens is 158 g/mol. The maximum atomic E-state index is 2.55. The zero-order chi connectivity index (χ0) is 9.73. The Morgan fingerprint density at radius 2 is 1.69 bits per heavy atom. The van der Waals surface area contributed by atoms with Crippen LogP contribution in [-0.4, -0.2) is 24.5 Å². The summed E-state index contributed by atoms with van der Waals surface area (Å²) >= 11 is 0. The van der Waals surface area contributed by atoms with Gasteiger partial charge in [-0.3, -0.25) is 4.90 Å². The molecule has 1 heterocycles. The van der Waals surface area contributed by atoms with Crippen LogP contribution in [0.4, 0.5) is 0 Å². The second-order valence-electron chi connectivity index (χ2n) is 5.13. The van der Waals surface area contributed by atoms with Crippen LogP contribution in [0.1, 0.15) is 40.0 Å². The minimum absolute atomic E-state index is 0.343. The van der Waals surface area contributed by atoms with Crippen molar-refractivity contribution in [3.8, 4) is 0 Å². The number of hydrogen-bond donors (Lipinski definition) is 0. The van der Waals surface area contributed by atoms with Crippen molar-refractivity contribution >= 4 is 0 Å². The van der Waals surface area contributed by atoms with Crippen LogP contribution < -0.4 is 0 Å². The van der Waals surface area contributed by atoms with Gasteiger partial charge in [-0.1, -0.05) is 39.3 Å². The summed E-state index contributed by atoms with van der Waals surface area (Å²) in [5.74, 6) is 0. The van der Waals surface area contributed by atoms with E-state index in [0.717, 1.165) is 6.54 Å². The minimum atomic E-state index is 0.343. The van der Waals surface area contributed by atoms with Gasteiger partial charge in [-0.05, 0) is 31.3 Å². The molecule has 0 atom stereocenters. The molecule has 0 amide bonds. The molecule has 0 aromatic rings. The number of rotatable bonds is 2. The van der Waals surface area contributed by atoms with Crippen LogP contribution in [0.5, 0.6) is 0 Å². The highest BCUT2D eigenvalue weighted by Gasteiger charge is 2.08. The summed E-state index contributed by atoms with van der Waals surface area (Å²) in [6, 6.07) is 0. The van der Waals surface area contributed by atoms with E-state index >= 15 is 0 Å². The van der Waals surface area contributed by atoms with Gasteiger partial charge in [0.05, 0.1) is 0 Å². The van der Waals surface area contributed by atoms with Crippen molar-refractivity contribution in [2.24, 2.45) is 5.41 Å². The van der Waals surface area contributed by atoms with Gasteiger partial charge < -0.3 is 0 Å². The number of likely N-dealkylation sites (tertiary alicyclic amines) is 1. The molecule has 0 aromatic heterocycles. The van der Waals surface area contributed by atoms with Gasteiger partial charge in [-0.2, -0.15) is 0 Å². The number of nitrogens with zero attached hydrogens (tertiary/aromatic N) is 1. The van der Waals surface area contributed by atoms with Gasteiger partial charge in [0.2, 0.25) is 0 Å². The van der Waals surface area contributed by atoms with Crippen molar-refractivity contribution < 1.29 is 0 Å². The lowest BCUT2D eigenvalue weighted by atomic mass is 9.96. The highest BCUT2D eigenvalue weighted by molar-refractivity contribution is 4.94. The Hall–Kier alpha value is -0.300. The monoisotopic (exact) mass is 181 g/mol. The van der Waals surface area contributed by atoms with E-state index in [1.54, 1.807) is 0 Å². The summed E-state index contributed by atoms with van der Waals surface area (Å²) < 4.78 is 0. The van der Waals surface area contributed by atoms with Gasteiger partial charge in [0.15, 0.2) is 0 Å². The Kier molecular flexibility index (Phi) is 3.98. The van der Waals surface area contributed by atoms with Crippen LogP contribution in [0.15, 0.2) is 12.2 Å². The van der Waals surface area contributed by atoms with E-state index in [0.29, 0.717) is 5.41 Å². The van der Waals surface area contributed by atoms with Crippen LogP contribution >= 0.6 is 0 Å². The van der Waals surface area contributed by atoms with Gasteiger partial charge >= 0.3 is 0 Å².